The van der Waals surface area contributed by atoms with E-state index in [1.165, 1.54) is 69.5 Å². The van der Waals surface area contributed by atoms with Crippen molar-refractivity contribution in [3.05, 3.63) is 168 Å². The first-order chi connectivity index (χ1) is 47.8. The molecule has 0 unspecified atom stereocenters. The molecule has 0 atom stereocenters. The minimum Gasteiger partial charge on any atom is -0.494 e. The zero-order valence-corrected chi connectivity index (χ0v) is 56.4. The van der Waals surface area contributed by atoms with E-state index in [-0.39, 0.29) is 92.9 Å². The van der Waals surface area contributed by atoms with E-state index in [1.807, 2.05) is 60.9 Å². The first kappa shape index (κ1) is 72.7. The van der Waals surface area contributed by atoms with E-state index >= 15 is 0 Å². The number of hydrogen-bond acceptors (Lipinski definition) is 23. The van der Waals surface area contributed by atoms with Gasteiger partial charge in [0.25, 0.3) is 17.7 Å². The zero-order valence-electron chi connectivity index (χ0n) is 53.9. The Balaban J connectivity index is 0.000000161. The second-order valence-corrected chi connectivity index (χ2v) is 30.4. The van der Waals surface area contributed by atoms with Gasteiger partial charge >= 0.3 is 5.76 Å². The molecule has 6 heterocycles. The van der Waals surface area contributed by atoms with Crippen LogP contribution in [0.2, 0.25) is 0 Å². The standard InChI is InChI=1S/C24H29N3O6S.C22H24N2O8S.C22H24N2O7S/c28-23(26-29)24(12-16-32-17-13-24)34(30,31)20-10-8-19(9-11-20)33-15-5-1-4-14-27-18-25-21-6-2-3-7-22(21)27;25-20(23-27)22(10-14-30-15-11-22)33(28,29)17-8-6-16(7-9-17)31-13-3-12-24-18-4-1-2-5-19(18)32-21(24)26;25-21(24-26)22(11-14-29-15-12-22)32(27,28)17-9-7-16(8-10-17)30-13-3-6-20-23-18-4-1-2-5-19(18)31-20/h2-3,6-11,18,29H,1,4-5,12-17H2,(H,26,28);1-2,4-9,27H,3,10-15H2,(H,23,25);1-2,4-5,7-10,26H,3,6,11-15H2,(H,24,25). The maximum absolute atomic E-state index is 13.3. The summed E-state index contributed by atoms with van der Waals surface area (Å²) in [7, 11) is -12.2. The van der Waals surface area contributed by atoms with Crippen LogP contribution in [0.4, 0.5) is 0 Å². The zero-order chi connectivity index (χ0) is 70.1. The predicted octanol–water partition coefficient (Wildman–Crippen LogP) is 7.67. The quantitative estimate of drug-likeness (QED) is 0.0172. The lowest BCUT2D eigenvalue weighted by Crippen LogP contribution is -2.54. The summed E-state index contributed by atoms with van der Waals surface area (Å²) < 4.78 is 122. The van der Waals surface area contributed by atoms with Crippen LogP contribution >= 0.6 is 0 Å². The van der Waals surface area contributed by atoms with Crippen molar-refractivity contribution in [2.75, 3.05) is 59.5 Å². The highest BCUT2D eigenvalue weighted by Gasteiger charge is 2.54. The number of nitrogens with zero attached hydrogens (tertiary/aromatic N) is 4. The lowest BCUT2D eigenvalue weighted by molar-refractivity contribution is -0.135. The molecule has 0 aliphatic carbocycles. The van der Waals surface area contributed by atoms with Crippen molar-refractivity contribution in [3.8, 4) is 17.2 Å². The molecule has 12 rings (SSSR count). The summed E-state index contributed by atoms with van der Waals surface area (Å²) in [6.45, 7) is 3.21. The number of hydrogen-bond donors (Lipinski definition) is 6. The normalized spacial score (nSPS) is 15.9. The molecule has 31 heteroatoms. The van der Waals surface area contributed by atoms with Crippen LogP contribution in [0.1, 0.15) is 76.5 Å². The van der Waals surface area contributed by atoms with E-state index in [4.69, 9.17) is 52.9 Å². The smallest absolute Gasteiger partial charge is 0.419 e. The predicted molar refractivity (Wildman–Crippen MR) is 357 cm³/mol. The topological polar surface area (TPSA) is 385 Å². The van der Waals surface area contributed by atoms with Gasteiger partial charge in [0.1, 0.15) is 22.8 Å². The molecule has 3 aliphatic rings. The number of unbranched alkanes of at least 4 members (excludes halogenated alkanes) is 2. The number of amides is 3. The first-order valence-corrected chi connectivity index (χ1v) is 36.6. The van der Waals surface area contributed by atoms with Gasteiger partial charge in [0.2, 0.25) is 0 Å². The first-order valence-electron chi connectivity index (χ1n) is 32.2. The number of sulfone groups is 3. The third-order valence-electron chi connectivity index (χ3n) is 17.7. The highest BCUT2D eigenvalue weighted by atomic mass is 32.2. The molecule has 3 aromatic heterocycles. The Morgan fingerprint density at radius 1 is 0.455 bits per heavy atom. The second kappa shape index (κ2) is 32.7. The van der Waals surface area contributed by atoms with Crippen molar-refractivity contribution in [2.24, 2.45) is 0 Å². The molecule has 28 nitrogen and oxygen atoms in total. The Morgan fingerprint density at radius 3 is 1.31 bits per heavy atom. The number of rotatable bonds is 26. The third-order valence-corrected chi connectivity index (χ3v) is 25.3. The maximum atomic E-state index is 13.3. The number of ether oxygens (including phenoxy) is 6. The molecular formula is C68H77N7O21S3. The molecule has 99 heavy (non-hydrogen) atoms. The summed E-state index contributed by atoms with van der Waals surface area (Å²) >= 11 is 0. The highest BCUT2D eigenvalue weighted by molar-refractivity contribution is 7.94. The molecule has 3 amide bonds. The molecule has 6 N–H and O–H groups in total. The Kier molecular flexibility index (Phi) is 24.0. The largest absolute Gasteiger partial charge is 0.494 e. The van der Waals surface area contributed by atoms with Crippen LogP contribution in [0, 0.1) is 0 Å². The summed E-state index contributed by atoms with van der Waals surface area (Å²) in [4.78, 5) is 57.7. The van der Waals surface area contributed by atoms with Crippen LogP contribution in [0.25, 0.3) is 33.2 Å². The number of oxazole rings is 2. The number of para-hydroxylation sites is 6. The minimum absolute atomic E-state index is 0.0120. The number of aryl methyl sites for hydroxylation is 3. The van der Waals surface area contributed by atoms with E-state index in [0.29, 0.717) is 79.9 Å². The molecule has 3 saturated heterocycles. The Labute approximate surface area is 569 Å². The maximum Gasteiger partial charge on any atom is 0.419 e. The van der Waals surface area contributed by atoms with Crippen LogP contribution < -0.4 is 36.4 Å². The minimum atomic E-state index is -4.09. The van der Waals surface area contributed by atoms with Crippen LogP contribution in [0.3, 0.4) is 0 Å². The summed E-state index contributed by atoms with van der Waals surface area (Å²) in [6, 6.07) is 40.5. The fourth-order valence-electron chi connectivity index (χ4n) is 12.1. The van der Waals surface area contributed by atoms with Gasteiger partial charge in [-0.1, -0.05) is 36.4 Å². The fraction of sp³-hybridized carbons (Fsp3) is 0.382. The fourth-order valence-corrected chi connectivity index (χ4v) is 17.9. The van der Waals surface area contributed by atoms with Crippen molar-refractivity contribution in [3.63, 3.8) is 0 Å². The van der Waals surface area contributed by atoms with Crippen LogP contribution in [0.15, 0.2) is 180 Å². The summed E-state index contributed by atoms with van der Waals surface area (Å²) in [5.41, 5.74) is 9.46. The second-order valence-electron chi connectivity index (χ2n) is 23.6. The van der Waals surface area contributed by atoms with Gasteiger partial charge in [0.05, 0.1) is 57.4 Å². The molecule has 0 spiro atoms. The number of nitrogens with one attached hydrogen (secondary N) is 3. The number of fused-ring (bicyclic) bond motifs is 3. The number of carbonyl (C=O) groups excluding carboxylic acids is 3. The number of hydroxylamine groups is 3. The monoisotopic (exact) mass is 1420 g/mol. The van der Waals surface area contributed by atoms with Crippen molar-refractivity contribution in [1.29, 1.82) is 0 Å². The van der Waals surface area contributed by atoms with Gasteiger partial charge in [0.15, 0.2) is 60.8 Å². The van der Waals surface area contributed by atoms with Crippen LogP contribution in [0.5, 0.6) is 17.2 Å². The van der Waals surface area contributed by atoms with Crippen molar-refractivity contribution < 1.29 is 92.5 Å². The molecule has 0 bridgehead atoms. The van der Waals surface area contributed by atoms with Crippen molar-refractivity contribution >= 4 is 80.5 Å². The van der Waals surface area contributed by atoms with E-state index in [1.54, 1.807) is 36.4 Å². The van der Waals surface area contributed by atoms with Gasteiger partial charge in [0, 0.05) is 59.2 Å². The van der Waals surface area contributed by atoms with E-state index in [2.05, 4.69) is 20.6 Å². The molecule has 9 aromatic rings. The third kappa shape index (κ3) is 16.0. The van der Waals surface area contributed by atoms with Crippen LogP contribution in [-0.2, 0) is 77.6 Å². The van der Waals surface area contributed by atoms with Gasteiger partial charge in [-0.25, -0.2) is 56.5 Å². The lowest BCUT2D eigenvalue weighted by atomic mass is 9.98. The van der Waals surface area contributed by atoms with E-state index in [0.717, 1.165) is 47.9 Å². The summed E-state index contributed by atoms with van der Waals surface area (Å²) in [5, 5.41) is 27.4. The number of aromatic nitrogens is 4. The lowest BCUT2D eigenvalue weighted by Gasteiger charge is -2.34. The number of benzene rings is 6. The van der Waals surface area contributed by atoms with E-state index in [9.17, 15) is 44.4 Å². The SMILES string of the molecule is O=C(NO)C1(S(=O)(=O)c2ccc(OCCCCCn3cnc4ccccc43)cc2)CCOCC1.O=C(NO)C1(S(=O)(=O)c2ccc(OCCCc3nc4ccccc4o3)cc2)CCOCC1.O=C(NO)C1(S(=O)(=O)c2ccc(OCCCn3c(=O)oc4ccccc43)cc2)CCOCC1. The molecule has 3 fully saturated rings. The molecule has 0 radical (unpaired) electrons. The van der Waals surface area contributed by atoms with Gasteiger partial charge in [-0.05, 0) is 180 Å². The van der Waals surface area contributed by atoms with Crippen molar-refractivity contribution in [1.82, 2.24) is 35.5 Å². The van der Waals surface area contributed by atoms with Gasteiger partial charge in [-0.15, -0.1) is 0 Å². The average molecular weight is 1420 g/mol. The van der Waals surface area contributed by atoms with Gasteiger partial charge in [-0.2, -0.15) is 0 Å². The van der Waals surface area contributed by atoms with Crippen LogP contribution in [-0.4, -0.2) is 151 Å². The van der Waals surface area contributed by atoms with Crippen molar-refractivity contribution in [2.45, 2.75) is 119 Å². The number of imidazole rings is 1. The summed E-state index contributed by atoms with van der Waals surface area (Å²) in [5.74, 6) is -1.11. The molecule has 528 valence electrons. The molecule has 0 saturated carbocycles. The summed E-state index contributed by atoms with van der Waals surface area (Å²) in [6.07, 6.45) is 6.33. The number of carbonyl (C=O) groups is 3. The Hall–Kier alpha value is -9.05. The molecule has 6 aromatic carbocycles. The molecular weight excluding hydrogens is 1350 g/mol. The molecule has 3 aliphatic heterocycles. The van der Waals surface area contributed by atoms with E-state index < -0.39 is 67.2 Å². The highest BCUT2D eigenvalue weighted by Crippen LogP contribution is 2.39. The Morgan fingerprint density at radius 2 is 0.859 bits per heavy atom. The van der Waals surface area contributed by atoms with Gasteiger partial charge in [-0.3, -0.25) is 34.6 Å². The average Bonchev–Trinajstić information content (AvgIpc) is 1.76. The Bertz CT molecular complexity index is 4580. The van der Waals surface area contributed by atoms with Gasteiger partial charge < -0.3 is 41.8 Å².